The van der Waals surface area contributed by atoms with Crippen LogP contribution in [-0.2, 0) is 4.79 Å². The van der Waals surface area contributed by atoms with E-state index >= 15 is 0 Å². The third-order valence-corrected chi connectivity index (χ3v) is 8.52. The van der Waals surface area contributed by atoms with Crippen molar-refractivity contribution in [1.82, 2.24) is 9.80 Å². The van der Waals surface area contributed by atoms with Crippen molar-refractivity contribution in [1.29, 1.82) is 0 Å². The smallest absolute Gasteiger partial charge is 0.230 e. The summed E-state index contributed by atoms with van der Waals surface area (Å²) in [5.74, 6) is 1.78. The van der Waals surface area contributed by atoms with E-state index in [1.807, 2.05) is 15.9 Å². The van der Waals surface area contributed by atoms with Crippen molar-refractivity contribution in [2.45, 2.75) is 44.7 Å². The van der Waals surface area contributed by atoms with Crippen molar-refractivity contribution in [3.8, 4) is 0 Å². The van der Waals surface area contributed by atoms with E-state index in [2.05, 4.69) is 17.1 Å². The predicted octanol–water partition coefficient (Wildman–Crippen LogP) is 5.12. The van der Waals surface area contributed by atoms with E-state index in [-0.39, 0.29) is 30.0 Å². The van der Waals surface area contributed by atoms with Gasteiger partial charge in [0.1, 0.15) is 17.5 Å². The lowest BCUT2D eigenvalue weighted by Gasteiger charge is -2.39. The fourth-order valence-corrected chi connectivity index (χ4v) is 6.30. The number of halogens is 2. The number of hydrogen-bond donors (Lipinski definition) is 0. The zero-order chi connectivity index (χ0) is 25.5. The Morgan fingerprint density at radius 2 is 1.84 bits per heavy atom. The average Bonchev–Trinajstić information content (AvgIpc) is 3.59. The summed E-state index contributed by atoms with van der Waals surface area (Å²) in [5.41, 5.74) is 2.30. The quantitative estimate of drug-likeness (QED) is 0.531. The lowest BCUT2D eigenvalue weighted by molar-refractivity contribution is -0.132. The van der Waals surface area contributed by atoms with E-state index < -0.39 is 0 Å². The normalized spacial score (nSPS) is 27.6. The summed E-state index contributed by atoms with van der Waals surface area (Å²) in [6.07, 6.45) is 8.64. The number of piperazine rings is 1. The molecule has 0 spiro atoms. The van der Waals surface area contributed by atoms with Crippen LogP contribution >= 0.6 is 0 Å². The molecule has 1 saturated heterocycles. The largest absolute Gasteiger partial charge is 0.340 e. The molecule has 0 bridgehead atoms. The van der Waals surface area contributed by atoms with Gasteiger partial charge in [-0.25, -0.2) is 8.78 Å². The molecule has 0 aromatic heterocycles. The van der Waals surface area contributed by atoms with Crippen LogP contribution in [0, 0.1) is 30.4 Å². The highest BCUT2D eigenvalue weighted by atomic mass is 19.1. The lowest BCUT2D eigenvalue weighted by atomic mass is 10.0. The average molecular weight is 505 g/mol. The number of amides is 1. The molecule has 5 nitrogen and oxygen atoms in total. The summed E-state index contributed by atoms with van der Waals surface area (Å²) in [6, 6.07) is 11.8. The second-order valence-electron chi connectivity index (χ2n) is 10.9. The van der Waals surface area contributed by atoms with Crippen molar-refractivity contribution in [2.75, 3.05) is 37.6 Å². The molecule has 0 radical (unpaired) electrons. The number of carbonyl (C=O) groups is 1. The van der Waals surface area contributed by atoms with E-state index in [1.54, 1.807) is 25.1 Å². The van der Waals surface area contributed by atoms with Crippen LogP contribution in [0.3, 0.4) is 0 Å². The Hall–Kier alpha value is -3.06. The molecule has 6 rings (SSSR count). The highest BCUT2D eigenvalue weighted by Crippen LogP contribution is 2.47. The number of rotatable bonds is 5. The van der Waals surface area contributed by atoms with Gasteiger partial charge in [-0.3, -0.25) is 14.7 Å². The zero-order valence-corrected chi connectivity index (χ0v) is 21.3. The molecule has 2 aromatic rings. The molecule has 2 aliphatic heterocycles. The molecule has 37 heavy (non-hydrogen) atoms. The number of carbonyl (C=O) groups excluding carboxylic acids is 1. The number of allylic oxidation sites excluding steroid dienone is 2. The number of fused-ring (bicyclic) bond motifs is 1. The number of aryl methyl sites for hydroxylation is 1. The first kappa shape index (κ1) is 24.3. The van der Waals surface area contributed by atoms with Gasteiger partial charge in [0, 0.05) is 37.9 Å². The van der Waals surface area contributed by atoms with Gasteiger partial charge in [0.25, 0.3) is 0 Å². The summed E-state index contributed by atoms with van der Waals surface area (Å²) in [6.45, 7) is 5.60. The van der Waals surface area contributed by atoms with Crippen LogP contribution in [0.2, 0.25) is 0 Å². The Balaban J connectivity index is 1.15. The lowest BCUT2D eigenvalue weighted by Crippen LogP contribution is -2.53. The first-order valence-corrected chi connectivity index (χ1v) is 13.5. The van der Waals surface area contributed by atoms with Gasteiger partial charge >= 0.3 is 0 Å². The minimum Gasteiger partial charge on any atom is -0.340 e. The number of aliphatic imine (C=N–C) groups is 1. The van der Waals surface area contributed by atoms with Crippen LogP contribution in [-0.4, -0.2) is 60.3 Å². The van der Waals surface area contributed by atoms with Crippen LogP contribution in [0.15, 0.2) is 59.6 Å². The number of hydrogen-bond acceptors (Lipinski definition) is 4. The van der Waals surface area contributed by atoms with Crippen LogP contribution in [0.25, 0.3) is 0 Å². The molecule has 1 saturated carbocycles. The standard InChI is InChI=1S/C30H34F2N4O/c1-20-16-22(6-11-26(20)32)27-19-36(24-9-7-23(31)8-10-24)29(33-27)18-30(37)35-14-12-34(13-15-35)28-5-3-2-4-21-17-25(21)28/h2,4,6-11,16,21,25,27-28H,3,5,12-15,17-19H2,1H3/t21?,25-,27?,28?/m1/s1. The van der Waals surface area contributed by atoms with Crippen molar-refractivity contribution >= 4 is 17.4 Å². The second kappa shape index (κ2) is 10.0. The molecule has 4 aliphatic rings. The Kier molecular flexibility index (Phi) is 6.57. The summed E-state index contributed by atoms with van der Waals surface area (Å²) >= 11 is 0. The summed E-state index contributed by atoms with van der Waals surface area (Å²) in [5, 5.41) is 0. The van der Waals surface area contributed by atoms with Gasteiger partial charge in [0.2, 0.25) is 5.91 Å². The number of nitrogens with zero attached hydrogens (tertiary/aromatic N) is 4. The minimum atomic E-state index is -0.303. The van der Waals surface area contributed by atoms with E-state index in [0.717, 1.165) is 55.7 Å². The van der Waals surface area contributed by atoms with Gasteiger partial charge in [-0.05, 0) is 79.5 Å². The zero-order valence-electron chi connectivity index (χ0n) is 21.3. The van der Waals surface area contributed by atoms with Crippen molar-refractivity contribution < 1.29 is 13.6 Å². The van der Waals surface area contributed by atoms with Crippen molar-refractivity contribution in [3.05, 3.63) is 77.4 Å². The van der Waals surface area contributed by atoms with Gasteiger partial charge in [-0.15, -0.1) is 0 Å². The Bertz CT molecular complexity index is 1220. The fraction of sp³-hybridized carbons (Fsp3) is 0.467. The van der Waals surface area contributed by atoms with Gasteiger partial charge < -0.3 is 9.80 Å². The van der Waals surface area contributed by atoms with Crippen LogP contribution in [0.1, 0.15) is 42.9 Å². The molecule has 3 unspecified atom stereocenters. The number of benzene rings is 2. The SMILES string of the molecule is Cc1cc(C2CN(c3ccc(F)cc3)C(CC(=O)N3CCN(C4CCC=CC5C[C@H]54)CC3)=N2)ccc1F. The highest BCUT2D eigenvalue weighted by Gasteiger charge is 2.44. The molecular weight excluding hydrogens is 470 g/mol. The molecular formula is C30H34F2N4O. The molecule has 194 valence electrons. The molecule has 7 heteroatoms. The van der Waals surface area contributed by atoms with Crippen LogP contribution < -0.4 is 4.90 Å². The number of anilines is 1. The van der Waals surface area contributed by atoms with E-state index in [4.69, 9.17) is 4.99 Å². The summed E-state index contributed by atoms with van der Waals surface area (Å²) in [7, 11) is 0. The molecule has 4 atom stereocenters. The Morgan fingerprint density at radius 3 is 2.59 bits per heavy atom. The van der Waals surface area contributed by atoms with Gasteiger partial charge in [0.15, 0.2) is 0 Å². The van der Waals surface area contributed by atoms with E-state index in [0.29, 0.717) is 24.0 Å². The fourth-order valence-electron chi connectivity index (χ4n) is 6.30. The molecule has 0 N–H and O–H groups in total. The Labute approximate surface area is 217 Å². The highest BCUT2D eigenvalue weighted by molar-refractivity contribution is 6.09. The first-order valence-electron chi connectivity index (χ1n) is 13.5. The molecule has 2 fully saturated rings. The molecule has 2 heterocycles. The maximum atomic E-state index is 13.9. The van der Waals surface area contributed by atoms with Crippen LogP contribution in [0.4, 0.5) is 14.5 Å². The molecule has 1 amide bonds. The Morgan fingerprint density at radius 1 is 1.05 bits per heavy atom. The monoisotopic (exact) mass is 504 g/mol. The van der Waals surface area contributed by atoms with E-state index in [1.165, 1.54) is 31.0 Å². The third-order valence-electron chi connectivity index (χ3n) is 8.52. The molecule has 2 aromatic carbocycles. The summed E-state index contributed by atoms with van der Waals surface area (Å²) < 4.78 is 27.5. The molecule has 2 aliphatic carbocycles. The third kappa shape index (κ3) is 5.06. The van der Waals surface area contributed by atoms with Crippen LogP contribution in [0.5, 0.6) is 0 Å². The predicted molar refractivity (Wildman–Crippen MR) is 142 cm³/mol. The van der Waals surface area contributed by atoms with Gasteiger partial charge in [-0.1, -0.05) is 24.3 Å². The second-order valence-corrected chi connectivity index (χ2v) is 10.9. The maximum absolute atomic E-state index is 13.9. The first-order chi connectivity index (χ1) is 18.0. The number of amidine groups is 1. The summed E-state index contributed by atoms with van der Waals surface area (Å²) in [4.78, 5) is 24.9. The minimum absolute atomic E-state index is 0.0771. The van der Waals surface area contributed by atoms with Crippen molar-refractivity contribution in [2.24, 2.45) is 16.8 Å². The topological polar surface area (TPSA) is 39.2 Å². The maximum Gasteiger partial charge on any atom is 0.230 e. The van der Waals surface area contributed by atoms with Gasteiger partial charge in [-0.2, -0.15) is 0 Å². The van der Waals surface area contributed by atoms with Gasteiger partial charge in [0.05, 0.1) is 19.0 Å². The van der Waals surface area contributed by atoms with Crippen molar-refractivity contribution in [3.63, 3.8) is 0 Å². The van der Waals surface area contributed by atoms with E-state index in [9.17, 15) is 13.6 Å².